The van der Waals surface area contributed by atoms with E-state index in [1.807, 2.05) is 21.6 Å². The van der Waals surface area contributed by atoms with Crippen molar-refractivity contribution in [1.82, 2.24) is 15.1 Å². The van der Waals surface area contributed by atoms with Crippen LogP contribution in [0.15, 0.2) is 0 Å². The number of nitrogens with zero attached hydrogens (tertiary/aromatic N) is 2. The largest absolute Gasteiger partial charge is 0.337 e. The van der Waals surface area contributed by atoms with Gasteiger partial charge in [-0.1, -0.05) is 0 Å². The number of nitrogens with one attached hydrogen (secondary N) is 1. The molecule has 0 spiro atoms. The number of carbonyl (C=O) groups is 2. The molecule has 0 saturated carbocycles. The van der Waals surface area contributed by atoms with Crippen molar-refractivity contribution >= 4 is 23.6 Å². The van der Waals surface area contributed by atoms with Gasteiger partial charge in [-0.3, -0.25) is 9.59 Å². The maximum absolute atomic E-state index is 12.4. The summed E-state index contributed by atoms with van der Waals surface area (Å²) in [6.07, 6.45) is 1.57. The number of carbonyl (C=O) groups excluding carboxylic acids is 2. The van der Waals surface area contributed by atoms with E-state index in [9.17, 15) is 9.59 Å². The predicted octanol–water partition coefficient (Wildman–Crippen LogP) is -0.475. The lowest BCUT2D eigenvalue weighted by molar-refractivity contribution is -0.140. The Balaban J connectivity index is 1.60. The molecule has 3 saturated heterocycles. The van der Waals surface area contributed by atoms with Crippen LogP contribution in [0.4, 0.5) is 0 Å². The second-order valence-corrected chi connectivity index (χ2v) is 6.30. The number of fused-ring (bicyclic) bond motifs is 1. The van der Waals surface area contributed by atoms with Crippen LogP contribution in [-0.2, 0) is 9.59 Å². The van der Waals surface area contributed by atoms with Crippen molar-refractivity contribution in [2.24, 2.45) is 0 Å². The van der Waals surface area contributed by atoms with Gasteiger partial charge in [-0.2, -0.15) is 11.8 Å². The van der Waals surface area contributed by atoms with E-state index >= 15 is 0 Å². The molecule has 0 aromatic rings. The van der Waals surface area contributed by atoms with E-state index in [0.29, 0.717) is 13.0 Å². The first-order valence-electron chi connectivity index (χ1n) is 6.65. The van der Waals surface area contributed by atoms with Crippen LogP contribution in [0, 0.1) is 0 Å². The average Bonchev–Trinajstić information content (AvgIpc) is 2.80. The molecule has 100 valence electrons. The van der Waals surface area contributed by atoms with Gasteiger partial charge in [0.1, 0.15) is 0 Å². The third-order valence-electron chi connectivity index (χ3n) is 4.03. The zero-order valence-electron chi connectivity index (χ0n) is 10.4. The second-order valence-electron chi connectivity index (χ2n) is 5.15. The van der Waals surface area contributed by atoms with Crippen molar-refractivity contribution in [3.05, 3.63) is 0 Å². The fourth-order valence-corrected chi connectivity index (χ4v) is 3.93. The summed E-state index contributed by atoms with van der Waals surface area (Å²) in [4.78, 5) is 27.9. The van der Waals surface area contributed by atoms with Crippen LogP contribution < -0.4 is 5.32 Å². The Kier molecular flexibility index (Phi) is 3.48. The summed E-state index contributed by atoms with van der Waals surface area (Å²) in [5, 5.41) is 3.29. The first kappa shape index (κ1) is 12.3. The third kappa shape index (κ3) is 2.23. The Morgan fingerprint density at radius 3 is 3.06 bits per heavy atom. The maximum atomic E-state index is 12.4. The van der Waals surface area contributed by atoms with Crippen LogP contribution >= 0.6 is 11.8 Å². The van der Waals surface area contributed by atoms with Crippen molar-refractivity contribution in [3.8, 4) is 0 Å². The van der Waals surface area contributed by atoms with Crippen LogP contribution in [-0.4, -0.2) is 71.4 Å². The Bertz CT molecular complexity index is 357. The van der Waals surface area contributed by atoms with Gasteiger partial charge in [-0.15, -0.1) is 0 Å². The van der Waals surface area contributed by atoms with Gasteiger partial charge in [0.15, 0.2) is 0 Å². The number of piperazine rings is 1. The fourth-order valence-electron chi connectivity index (χ4n) is 3.01. The van der Waals surface area contributed by atoms with Crippen LogP contribution in [0.5, 0.6) is 0 Å². The van der Waals surface area contributed by atoms with E-state index in [4.69, 9.17) is 0 Å². The molecule has 0 aromatic heterocycles. The van der Waals surface area contributed by atoms with E-state index < -0.39 is 0 Å². The molecule has 0 aliphatic carbocycles. The molecule has 0 bridgehead atoms. The van der Waals surface area contributed by atoms with Crippen LogP contribution in [0.1, 0.15) is 12.8 Å². The van der Waals surface area contributed by atoms with E-state index in [2.05, 4.69) is 5.32 Å². The standard InChI is InChI=1S/C12H19N3O2S/c16-11-2-1-9-7-14(4-5-15(9)11)12(17)10-8-18-6-3-13-10/h9-10,13H,1-8H2. The Morgan fingerprint density at radius 1 is 1.39 bits per heavy atom. The van der Waals surface area contributed by atoms with Crippen molar-refractivity contribution in [1.29, 1.82) is 0 Å². The third-order valence-corrected chi connectivity index (χ3v) is 5.09. The monoisotopic (exact) mass is 269 g/mol. The summed E-state index contributed by atoms with van der Waals surface area (Å²) in [6.45, 7) is 3.06. The second kappa shape index (κ2) is 5.09. The summed E-state index contributed by atoms with van der Waals surface area (Å²) >= 11 is 1.84. The van der Waals surface area contributed by atoms with Gasteiger partial charge < -0.3 is 15.1 Å². The number of rotatable bonds is 1. The molecule has 2 atom stereocenters. The smallest absolute Gasteiger partial charge is 0.240 e. The quantitative estimate of drug-likeness (QED) is 0.699. The molecule has 6 heteroatoms. The molecule has 3 aliphatic heterocycles. The maximum Gasteiger partial charge on any atom is 0.240 e. The molecule has 5 nitrogen and oxygen atoms in total. The summed E-state index contributed by atoms with van der Waals surface area (Å²) in [5.41, 5.74) is 0. The van der Waals surface area contributed by atoms with E-state index in [1.54, 1.807) is 0 Å². The van der Waals surface area contributed by atoms with Gasteiger partial charge in [0, 0.05) is 50.1 Å². The summed E-state index contributed by atoms with van der Waals surface area (Å²) in [6, 6.07) is 0.249. The molecule has 2 unspecified atom stereocenters. The molecule has 2 amide bonds. The highest BCUT2D eigenvalue weighted by Gasteiger charge is 2.38. The molecule has 3 fully saturated rings. The minimum absolute atomic E-state index is 0.0209. The molecule has 0 aromatic carbocycles. The SMILES string of the molecule is O=C(C1CSCCN1)N1CCN2C(=O)CCC2C1. The summed E-state index contributed by atoms with van der Waals surface area (Å²) < 4.78 is 0. The minimum Gasteiger partial charge on any atom is -0.337 e. The molecule has 3 heterocycles. The lowest BCUT2D eigenvalue weighted by Crippen LogP contribution is -2.58. The van der Waals surface area contributed by atoms with Crippen LogP contribution in [0.2, 0.25) is 0 Å². The molecule has 3 rings (SSSR count). The molecular weight excluding hydrogens is 250 g/mol. The van der Waals surface area contributed by atoms with Gasteiger partial charge in [0.05, 0.1) is 6.04 Å². The topological polar surface area (TPSA) is 52.7 Å². The highest BCUT2D eigenvalue weighted by molar-refractivity contribution is 7.99. The Labute approximate surface area is 111 Å². The zero-order valence-corrected chi connectivity index (χ0v) is 11.2. The van der Waals surface area contributed by atoms with Crippen molar-refractivity contribution in [2.45, 2.75) is 24.9 Å². The lowest BCUT2D eigenvalue weighted by Gasteiger charge is -2.39. The fraction of sp³-hybridized carbons (Fsp3) is 0.833. The Morgan fingerprint density at radius 2 is 2.28 bits per heavy atom. The molecular formula is C12H19N3O2S. The average molecular weight is 269 g/mol. The number of amides is 2. The van der Waals surface area contributed by atoms with Crippen molar-refractivity contribution in [3.63, 3.8) is 0 Å². The molecule has 1 N–H and O–H groups in total. The van der Waals surface area contributed by atoms with Crippen LogP contribution in [0.3, 0.4) is 0 Å². The normalized spacial score (nSPS) is 32.6. The molecule has 3 aliphatic rings. The Hall–Kier alpha value is -0.750. The van der Waals surface area contributed by atoms with Gasteiger partial charge in [0.2, 0.25) is 11.8 Å². The zero-order chi connectivity index (χ0) is 12.5. The van der Waals surface area contributed by atoms with Crippen LogP contribution in [0.25, 0.3) is 0 Å². The van der Waals surface area contributed by atoms with E-state index in [-0.39, 0.29) is 23.9 Å². The first-order chi connectivity index (χ1) is 8.75. The minimum atomic E-state index is -0.0209. The number of thioether (sulfide) groups is 1. The summed E-state index contributed by atoms with van der Waals surface area (Å²) in [5.74, 6) is 2.46. The van der Waals surface area contributed by atoms with E-state index in [0.717, 1.165) is 37.6 Å². The highest BCUT2D eigenvalue weighted by atomic mass is 32.2. The predicted molar refractivity (Wildman–Crippen MR) is 70.4 cm³/mol. The lowest BCUT2D eigenvalue weighted by atomic mass is 10.1. The van der Waals surface area contributed by atoms with Gasteiger partial charge >= 0.3 is 0 Å². The molecule has 18 heavy (non-hydrogen) atoms. The van der Waals surface area contributed by atoms with E-state index in [1.165, 1.54) is 0 Å². The highest BCUT2D eigenvalue weighted by Crippen LogP contribution is 2.23. The number of hydrogen-bond acceptors (Lipinski definition) is 4. The van der Waals surface area contributed by atoms with Gasteiger partial charge in [-0.25, -0.2) is 0 Å². The first-order valence-corrected chi connectivity index (χ1v) is 7.80. The van der Waals surface area contributed by atoms with Crippen molar-refractivity contribution in [2.75, 3.05) is 37.7 Å². The summed E-state index contributed by atoms with van der Waals surface area (Å²) in [7, 11) is 0. The number of hydrogen-bond donors (Lipinski definition) is 1. The molecule has 0 radical (unpaired) electrons. The van der Waals surface area contributed by atoms with Gasteiger partial charge in [0.25, 0.3) is 0 Å². The van der Waals surface area contributed by atoms with Crippen molar-refractivity contribution < 1.29 is 9.59 Å². The van der Waals surface area contributed by atoms with Gasteiger partial charge in [-0.05, 0) is 6.42 Å².